The summed E-state index contributed by atoms with van der Waals surface area (Å²) >= 11 is 2.10. The van der Waals surface area contributed by atoms with E-state index in [2.05, 4.69) is 118 Å². The van der Waals surface area contributed by atoms with Gasteiger partial charge in [-0.15, -0.1) is 0 Å². The number of nitrogens with one attached hydrogen (secondary N) is 1. The van der Waals surface area contributed by atoms with Gasteiger partial charge in [-0.1, -0.05) is 130 Å². The third-order valence-corrected chi connectivity index (χ3v) is 15.7. The Labute approximate surface area is 447 Å². The van der Waals surface area contributed by atoms with Gasteiger partial charge < -0.3 is 24.8 Å². The number of ketones is 1. The molecule has 1 aliphatic heterocycles. The Morgan fingerprint density at radius 2 is 1.14 bits per heavy atom. The van der Waals surface area contributed by atoms with Gasteiger partial charge in [0.25, 0.3) is 5.91 Å². The lowest BCUT2D eigenvalue weighted by Gasteiger charge is -2.32. The average molecular weight is 1110 g/mol. The lowest BCUT2D eigenvalue weighted by atomic mass is 9.70. The van der Waals surface area contributed by atoms with E-state index in [1.807, 2.05) is 30.3 Å². The fourth-order valence-corrected chi connectivity index (χ4v) is 11.3. The summed E-state index contributed by atoms with van der Waals surface area (Å²) in [6, 6.07) is 29.2. The van der Waals surface area contributed by atoms with Gasteiger partial charge in [-0.3, -0.25) is 9.59 Å². The second-order valence-corrected chi connectivity index (χ2v) is 21.3. The van der Waals surface area contributed by atoms with Crippen LogP contribution in [0.25, 0.3) is 16.7 Å². The maximum atomic E-state index is 12.9. The topological polar surface area (TPSA) is 173 Å². The number of amides is 1. The van der Waals surface area contributed by atoms with Gasteiger partial charge >= 0.3 is 19.4 Å². The van der Waals surface area contributed by atoms with Crippen LogP contribution in [0.2, 0.25) is 0 Å². The fraction of sp³-hybridized carbons (Fsp3) is 0.467. The molecule has 11 nitrogen and oxygen atoms in total. The van der Waals surface area contributed by atoms with Crippen molar-refractivity contribution >= 4 is 70.4 Å². The first-order valence-corrected chi connectivity index (χ1v) is 26.5. The van der Waals surface area contributed by atoms with Crippen LogP contribution in [0.3, 0.4) is 0 Å². The van der Waals surface area contributed by atoms with Crippen LogP contribution in [-0.2, 0) is 41.3 Å². The van der Waals surface area contributed by atoms with E-state index < -0.39 is 0 Å². The van der Waals surface area contributed by atoms with Gasteiger partial charge in [0.2, 0.25) is 0 Å². The molecule has 390 valence electrons. The predicted octanol–water partition coefficient (Wildman–Crippen LogP) is 12.0. The number of carbonyl (C=O) groups is 2. The molecule has 4 aromatic carbocycles. The van der Waals surface area contributed by atoms with E-state index in [9.17, 15) is 9.59 Å². The van der Waals surface area contributed by atoms with Gasteiger partial charge in [0, 0.05) is 28.7 Å². The predicted molar refractivity (Wildman–Crippen MR) is 295 cm³/mol. The van der Waals surface area contributed by atoms with Crippen molar-refractivity contribution in [3.8, 4) is 0 Å². The molecule has 4 aromatic rings. The second kappa shape index (κ2) is 29.1. The molecular weight excluding hydrogens is 1030 g/mol. The number of benzene rings is 4. The number of hydrogen-bond donors (Lipinski definition) is 3. The van der Waals surface area contributed by atoms with Crippen molar-refractivity contribution in [3.63, 3.8) is 0 Å². The molecule has 0 radical (unpaired) electrons. The number of rotatable bonds is 11. The van der Waals surface area contributed by atoms with Crippen LogP contribution in [0.4, 0.5) is 0 Å². The highest BCUT2D eigenvalue weighted by molar-refractivity contribution is 14.1. The van der Waals surface area contributed by atoms with Gasteiger partial charge in [-0.2, -0.15) is 19.2 Å². The molecule has 0 spiro atoms. The molecule has 1 saturated heterocycles. The first-order valence-electron chi connectivity index (χ1n) is 25.4. The van der Waals surface area contributed by atoms with Crippen molar-refractivity contribution < 1.29 is 48.3 Å². The van der Waals surface area contributed by atoms with Crippen LogP contribution in [0, 0.1) is 29.3 Å². The van der Waals surface area contributed by atoms with Crippen molar-refractivity contribution in [1.82, 2.24) is 5.32 Å². The van der Waals surface area contributed by atoms with E-state index in [4.69, 9.17) is 38.7 Å². The normalized spacial score (nSPS) is 17.2. The van der Waals surface area contributed by atoms with E-state index >= 15 is 0 Å². The zero-order valence-corrected chi connectivity index (χ0v) is 45.0. The number of halogens is 1. The quantitative estimate of drug-likeness (QED) is 0.0745. The van der Waals surface area contributed by atoms with Gasteiger partial charge in [0.1, 0.15) is 0 Å². The summed E-state index contributed by atoms with van der Waals surface area (Å²) in [6.07, 6.45) is 16.5. The van der Waals surface area contributed by atoms with E-state index in [-0.39, 0.29) is 63.0 Å². The Bertz CT molecular complexity index is 2600. The minimum atomic E-state index is -0.271. The highest BCUT2D eigenvalue weighted by Crippen LogP contribution is 2.49. The van der Waals surface area contributed by atoms with Crippen molar-refractivity contribution in [2.24, 2.45) is 11.8 Å². The number of aliphatic hydroxyl groups is 2. The SMILES string of the molecule is C.Cc1ccc2c(c1)CC(B1OC(C)(C)C(C)(C)O1)=C2C1CCCCC1.Cc1ccc2c(c1)CC(c1ccccc1C(=O)CCCO)=C2C1CCCCC1.O=C(NCCO)c1ccccc1I.O=C=O.O=C=O. The number of hydrogen-bond acceptors (Lipinski definition) is 10. The summed E-state index contributed by atoms with van der Waals surface area (Å²) in [6.45, 7) is 13.3. The summed E-state index contributed by atoms with van der Waals surface area (Å²) < 4.78 is 13.8. The number of carbonyl (C=O) groups excluding carboxylic acids is 6. The van der Waals surface area contributed by atoms with Crippen molar-refractivity contribution in [1.29, 1.82) is 0 Å². The molecule has 5 aliphatic rings. The third-order valence-electron chi connectivity index (χ3n) is 14.7. The molecule has 0 unspecified atom stereocenters. The Kier molecular flexibility index (Phi) is 24.1. The number of Topliss-reactive ketones (excluding diaryl/α,β-unsaturated/α-hetero) is 1. The second-order valence-electron chi connectivity index (χ2n) is 20.2. The molecule has 1 amide bonds. The van der Waals surface area contributed by atoms with E-state index in [1.54, 1.807) is 11.6 Å². The molecule has 3 fully saturated rings. The minimum Gasteiger partial charge on any atom is -0.400 e. The third kappa shape index (κ3) is 15.7. The molecule has 0 bridgehead atoms. The molecular formula is C60H75BINO10. The monoisotopic (exact) mass is 1110 g/mol. The maximum absolute atomic E-state index is 12.9. The number of aryl methyl sites for hydroxylation is 2. The maximum Gasteiger partial charge on any atom is 0.491 e. The fourth-order valence-electron chi connectivity index (χ4n) is 10.6. The minimum absolute atomic E-state index is 0. The first-order chi connectivity index (χ1) is 34.6. The van der Waals surface area contributed by atoms with Crippen molar-refractivity contribution in [3.05, 3.63) is 144 Å². The molecule has 0 aromatic heterocycles. The van der Waals surface area contributed by atoms with Crippen LogP contribution in [0.1, 0.15) is 172 Å². The van der Waals surface area contributed by atoms with Gasteiger partial charge in [-0.05, 0) is 183 Å². The standard InChI is InChI=1S/C26H30O2.C22H31BO2.C9H10INO2.2CO2.CH4/c1-18-13-14-21-20(16-18)17-24(26(21)19-8-3-2-4-9-19)22-10-5-6-11-23(22)25(28)12-7-15-27;1-15-11-12-18-17(13-15)14-19(20(18)16-9-7-6-8-10-16)23-24-21(2,3)22(4,5)25-23;10-8-4-2-1-3-7(8)9(13)11-5-6-12;2*2-1-3;/h5-6,10-11,13-14,16,19,27H,2-4,7-9,12,15,17H2,1H3;11-13,16H,6-10,14H2,1-5H3;1-4,12H,5-6H2,(H,11,13);;;1H4. The van der Waals surface area contributed by atoms with Crippen LogP contribution in [0.5, 0.6) is 0 Å². The lowest BCUT2D eigenvalue weighted by Crippen LogP contribution is -2.41. The molecule has 9 rings (SSSR count). The molecule has 1 heterocycles. The largest absolute Gasteiger partial charge is 0.491 e. The van der Waals surface area contributed by atoms with E-state index in [0.29, 0.717) is 36.8 Å². The molecule has 4 aliphatic carbocycles. The van der Waals surface area contributed by atoms with E-state index in [1.165, 1.54) is 114 Å². The van der Waals surface area contributed by atoms with Gasteiger partial charge in [0.15, 0.2) is 5.78 Å². The van der Waals surface area contributed by atoms with Crippen molar-refractivity contribution in [2.45, 2.75) is 150 Å². The Balaban J connectivity index is 0.000000235. The van der Waals surface area contributed by atoms with Crippen LogP contribution in [0.15, 0.2) is 90.4 Å². The highest BCUT2D eigenvalue weighted by atomic mass is 127. The smallest absolute Gasteiger partial charge is 0.400 e. The molecule has 0 atom stereocenters. The molecule has 2 saturated carbocycles. The molecule has 3 N–H and O–H groups in total. The van der Waals surface area contributed by atoms with Gasteiger partial charge in [0.05, 0.1) is 23.4 Å². The van der Waals surface area contributed by atoms with Gasteiger partial charge in [-0.25, -0.2) is 0 Å². The van der Waals surface area contributed by atoms with Crippen molar-refractivity contribution in [2.75, 3.05) is 19.8 Å². The summed E-state index contributed by atoms with van der Waals surface area (Å²) in [5.74, 6) is 1.28. The zero-order chi connectivity index (χ0) is 52.4. The summed E-state index contributed by atoms with van der Waals surface area (Å²) in [5, 5.41) is 20.2. The Hall–Kier alpha value is -5.11. The Morgan fingerprint density at radius 3 is 1.66 bits per heavy atom. The number of aliphatic hydroxyl groups excluding tert-OH is 2. The Morgan fingerprint density at radius 1 is 0.658 bits per heavy atom. The lowest BCUT2D eigenvalue weighted by molar-refractivity contribution is -0.193. The molecule has 13 heteroatoms. The average Bonchev–Trinajstić information content (AvgIpc) is 4.01. The first kappa shape index (κ1) is 60.4. The van der Waals surface area contributed by atoms with E-state index in [0.717, 1.165) is 27.5 Å². The molecule has 73 heavy (non-hydrogen) atoms. The zero-order valence-electron chi connectivity index (χ0n) is 42.9. The van der Waals surface area contributed by atoms with Crippen LogP contribution >= 0.6 is 22.6 Å². The van der Waals surface area contributed by atoms with Crippen LogP contribution in [-0.4, -0.2) is 72.3 Å². The summed E-state index contributed by atoms with van der Waals surface area (Å²) in [7, 11) is -0.199. The summed E-state index contributed by atoms with van der Waals surface area (Å²) in [4.78, 5) is 56.8. The highest BCUT2D eigenvalue weighted by Gasteiger charge is 2.54. The van der Waals surface area contributed by atoms with Crippen LogP contribution < -0.4 is 5.32 Å². The summed E-state index contributed by atoms with van der Waals surface area (Å²) in [5.41, 5.74) is 16.2. The number of allylic oxidation sites excluding steroid dienone is 4. The number of fused-ring (bicyclic) bond motifs is 2.